The van der Waals surface area contributed by atoms with Crippen molar-refractivity contribution < 1.29 is 9.53 Å². The summed E-state index contributed by atoms with van der Waals surface area (Å²) < 4.78 is 5.11. The molecule has 100 valence electrons. The fourth-order valence-electron chi connectivity index (χ4n) is 2.04. The molecule has 0 saturated heterocycles. The van der Waals surface area contributed by atoms with E-state index in [0.29, 0.717) is 29.6 Å². The lowest BCUT2D eigenvalue weighted by Crippen LogP contribution is -2.08. The fourth-order valence-corrected chi connectivity index (χ4v) is 2.29. The number of halogens is 1. The Morgan fingerprint density at radius 1 is 1.44 bits per heavy atom. The predicted octanol–water partition coefficient (Wildman–Crippen LogP) is 4.29. The first-order valence-corrected chi connectivity index (χ1v) is 6.78. The molecule has 0 aliphatic heterocycles. The van der Waals surface area contributed by atoms with E-state index in [0.717, 1.165) is 24.2 Å². The molecule has 1 aromatic rings. The van der Waals surface area contributed by atoms with Gasteiger partial charge in [0.25, 0.3) is 0 Å². The normalized spacial score (nSPS) is 12.2. The molecule has 0 N–H and O–H groups in total. The average molecular weight is 269 g/mol. The largest absolute Gasteiger partial charge is 0.497 e. The maximum absolute atomic E-state index is 11.6. The van der Waals surface area contributed by atoms with Crippen molar-refractivity contribution in [2.75, 3.05) is 7.11 Å². The average Bonchev–Trinajstić information content (AvgIpc) is 2.31. The van der Waals surface area contributed by atoms with Crippen molar-refractivity contribution in [3.63, 3.8) is 0 Å². The molecule has 1 atom stereocenters. The Hall–Kier alpha value is -1.02. The van der Waals surface area contributed by atoms with Crippen LogP contribution in [0, 0.1) is 5.92 Å². The number of carbonyl (C=O) groups excluding carboxylic acids is 1. The maximum Gasteiger partial charge on any atom is 0.133 e. The Morgan fingerprint density at radius 2 is 2.17 bits per heavy atom. The first-order valence-electron chi connectivity index (χ1n) is 6.41. The second-order valence-electron chi connectivity index (χ2n) is 4.76. The molecule has 2 nitrogen and oxygen atoms in total. The molecule has 1 unspecified atom stereocenters. The van der Waals surface area contributed by atoms with Gasteiger partial charge in [0.2, 0.25) is 0 Å². The van der Waals surface area contributed by atoms with Crippen LogP contribution in [0.15, 0.2) is 18.2 Å². The summed E-state index contributed by atoms with van der Waals surface area (Å²) in [5.41, 5.74) is 1.08. The number of hydrogen-bond donors (Lipinski definition) is 0. The highest BCUT2D eigenvalue weighted by Crippen LogP contribution is 2.25. The smallest absolute Gasteiger partial charge is 0.133 e. The molecule has 0 aliphatic carbocycles. The lowest BCUT2D eigenvalue weighted by molar-refractivity contribution is -0.119. The van der Waals surface area contributed by atoms with Crippen LogP contribution in [0.25, 0.3) is 0 Å². The number of rotatable bonds is 7. The van der Waals surface area contributed by atoms with Gasteiger partial charge in [-0.1, -0.05) is 31.5 Å². The molecule has 1 aromatic carbocycles. The summed E-state index contributed by atoms with van der Waals surface area (Å²) >= 11 is 6.19. The third-order valence-corrected chi connectivity index (χ3v) is 3.29. The molecule has 18 heavy (non-hydrogen) atoms. The van der Waals surface area contributed by atoms with Crippen LogP contribution in [0.4, 0.5) is 0 Å². The summed E-state index contributed by atoms with van der Waals surface area (Å²) in [6, 6.07) is 5.70. The SMILES string of the molecule is CCCC(=O)CC(C)Cc1ccc(OC)cc1Cl. The molecule has 0 aromatic heterocycles. The van der Waals surface area contributed by atoms with Crippen LogP contribution < -0.4 is 4.74 Å². The van der Waals surface area contributed by atoms with Crippen LogP contribution in [0.5, 0.6) is 5.75 Å². The Morgan fingerprint density at radius 3 is 2.72 bits per heavy atom. The van der Waals surface area contributed by atoms with Gasteiger partial charge in [-0.2, -0.15) is 0 Å². The first-order chi connectivity index (χ1) is 8.56. The van der Waals surface area contributed by atoms with Crippen molar-refractivity contribution in [3.8, 4) is 5.75 Å². The Kier molecular flexibility index (Phi) is 6.20. The van der Waals surface area contributed by atoms with E-state index in [1.165, 1.54) is 0 Å². The first kappa shape index (κ1) is 15.0. The molecular formula is C15H21ClO2. The molecule has 0 saturated carbocycles. The zero-order valence-corrected chi connectivity index (χ0v) is 12.1. The summed E-state index contributed by atoms with van der Waals surface area (Å²) in [6.07, 6.45) is 3.07. The highest BCUT2D eigenvalue weighted by atomic mass is 35.5. The Balaban J connectivity index is 2.59. The van der Waals surface area contributed by atoms with Gasteiger partial charge in [-0.05, 0) is 36.5 Å². The fraction of sp³-hybridized carbons (Fsp3) is 0.533. The lowest BCUT2D eigenvalue weighted by atomic mass is 9.95. The van der Waals surface area contributed by atoms with Gasteiger partial charge >= 0.3 is 0 Å². The number of ketones is 1. The molecule has 0 amide bonds. The third kappa shape index (κ3) is 4.69. The molecule has 0 radical (unpaired) electrons. The van der Waals surface area contributed by atoms with Crippen molar-refractivity contribution >= 4 is 17.4 Å². The standard InChI is InChI=1S/C15H21ClO2/c1-4-5-13(17)9-11(2)8-12-6-7-14(18-3)10-15(12)16/h6-7,10-11H,4-5,8-9H2,1-3H3. The predicted molar refractivity (Wildman–Crippen MR) is 75.4 cm³/mol. The van der Waals surface area contributed by atoms with Crippen molar-refractivity contribution in [2.45, 2.75) is 39.5 Å². The number of carbonyl (C=O) groups is 1. The van der Waals surface area contributed by atoms with Crippen molar-refractivity contribution in [1.29, 1.82) is 0 Å². The van der Waals surface area contributed by atoms with Crippen LogP contribution in [0.1, 0.15) is 38.7 Å². The highest BCUT2D eigenvalue weighted by Gasteiger charge is 2.11. The minimum atomic E-state index is 0.329. The van der Waals surface area contributed by atoms with Gasteiger partial charge in [0, 0.05) is 17.9 Å². The van der Waals surface area contributed by atoms with Crippen LogP contribution in [0.3, 0.4) is 0 Å². The van der Waals surface area contributed by atoms with Crippen LogP contribution >= 0.6 is 11.6 Å². The van der Waals surface area contributed by atoms with Gasteiger partial charge in [-0.25, -0.2) is 0 Å². The van der Waals surface area contributed by atoms with E-state index in [1.807, 2.05) is 25.1 Å². The topological polar surface area (TPSA) is 26.3 Å². The van der Waals surface area contributed by atoms with E-state index < -0.39 is 0 Å². The minimum absolute atomic E-state index is 0.329. The van der Waals surface area contributed by atoms with Gasteiger partial charge in [-0.15, -0.1) is 0 Å². The maximum atomic E-state index is 11.6. The second-order valence-corrected chi connectivity index (χ2v) is 5.17. The van der Waals surface area contributed by atoms with E-state index in [2.05, 4.69) is 6.92 Å². The second kappa shape index (κ2) is 7.42. The van der Waals surface area contributed by atoms with Gasteiger partial charge < -0.3 is 4.74 Å². The number of ether oxygens (including phenoxy) is 1. The summed E-state index contributed by atoms with van der Waals surface area (Å²) in [4.78, 5) is 11.6. The zero-order valence-electron chi connectivity index (χ0n) is 11.3. The molecule has 0 aliphatic rings. The van der Waals surface area contributed by atoms with E-state index in [1.54, 1.807) is 7.11 Å². The van der Waals surface area contributed by atoms with Crippen molar-refractivity contribution in [2.24, 2.45) is 5.92 Å². The van der Waals surface area contributed by atoms with E-state index in [-0.39, 0.29) is 0 Å². The third-order valence-electron chi connectivity index (χ3n) is 2.93. The number of hydrogen-bond acceptors (Lipinski definition) is 2. The summed E-state index contributed by atoms with van der Waals surface area (Å²) in [5, 5.41) is 0.712. The quantitative estimate of drug-likeness (QED) is 0.737. The van der Waals surface area contributed by atoms with Gasteiger partial charge in [0.05, 0.1) is 7.11 Å². The van der Waals surface area contributed by atoms with E-state index in [9.17, 15) is 4.79 Å². The highest BCUT2D eigenvalue weighted by molar-refractivity contribution is 6.31. The van der Waals surface area contributed by atoms with E-state index >= 15 is 0 Å². The van der Waals surface area contributed by atoms with Crippen LogP contribution in [-0.2, 0) is 11.2 Å². The molecule has 0 heterocycles. The number of methoxy groups -OCH3 is 1. The summed E-state index contributed by atoms with van der Waals surface area (Å²) in [7, 11) is 1.62. The van der Waals surface area contributed by atoms with Gasteiger partial charge in [-0.3, -0.25) is 4.79 Å². The molecule has 0 bridgehead atoms. The van der Waals surface area contributed by atoms with Crippen LogP contribution in [-0.4, -0.2) is 12.9 Å². The lowest BCUT2D eigenvalue weighted by Gasteiger charge is -2.12. The monoisotopic (exact) mass is 268 g/mol. The molecule has 0 spiro atoms. The van der Waals surface area contributed by atoms with Crippen molar-refractivity contribution in [3.05, 3.63) is 28.8 Å². The van der Waals surface area contributed by atoms with E-state index in [4.69, 9.17) is 16.3 Å². The summed E-state index contributed by atoms with van der Waals surface area (Å²) in [6.45, 7) is 4.12. The summed E-state index contributed by atoms with van der Waals surface area (Å²) in [5.74, 6) is 1.43. The van der Waals surface area contributed by atoms with Crippen LogP contribution in [0.2, 0.25) is 5.02 Å². The number of benzene rings is 1. The Labute approximate surface area is 114 Å². The molecule has 0 fully saturated rings. The van der Waals surface area contributed by atoms with Gasteiger partial charge in [0.15, 0.2) is 0 Å². The molecule has 1 rings (SSSR count). The molecule has 3 heteroatoms. The zero-order chi connectivity index (χ0) is 13.5. The van der Waals surface area contributed by atoms with Gasteiger partial charge in [0.1, 0.15) is 11.5 Å². The Bertz CT molecular complexity index is 401. The minimum Gasteiger partial charge on any atom is -0.497 e. The number of Topliss-reactive ketones (excluding diaryl/α,β-unsaturated/α-hetero) is 1. The molecular weight excluding hydrogens is 248 g/mol. The van der Waals surface area contributed by atoms with Crippen molar-refractivity contribution in [1.82, 2.24) is 0 Å².